The van der Waals surface area contributed by atoms with Gasteiger partial charge < -0.3 is 0 Å². The van der Waals surface area contributed by atoms with Crippen molar-refractivity contribution in [1.29, 1.82) is 0 Å². The van der Waals surface area contributed by atoms with Gasteiger partial charge in [-0.3, -0.25) is 4.79 Å². The van der Waals surface area contributed by atoms with Gasteiger partial charge in [0.05, 0.1) is 5.75 Å². The number of sulfonamides is 1. The van der Waals surface area contributed by atoms with Crippen LogP contribution in [-0.4, -0.2) is 31.6 Å². The molecule has 0 spiro atoms. The number of hydrogen-bond donors (Lipinski definition) is 0. The summed E-state index contributed by atoms with van der Waals surface area (Å²) in [5.74, 6) is -0.236. The van der Waals surface area contributed by atoms with Gasteiger partial charge in [0.1, 0.15) is 0 Å². The van der Waals surface area contributed by atoms with Crippen LogP contribution in [0.1, 0.15) is 34.3 Å². The van der Waals surface area contributed by atoms with Crippen molar-refractivity contribution >= 4 is 15.8 Å². The summed E-state index contributed by atoms with van der Waals surface area (Å²) in [4.78, 5) is 12.7. The molecule has 0 amide bonds. The fourth-order valence-corrected chi connectivity index (χ4v) is 4.95. The molecule has 1 aliphatic rings. The third-order valence-electron chi connectivity index (χ3n) is 4.64. The van der Waals surface area contributed by atoms with Gasteiger partial charge in [-0.1, -0.05) is 60.2 Å². The summed E-state index contributed by atoms with van der Waals surface area (Å²) in [6, 6.07) is 16.7. The molecule has 5 heteroatoms. The van der Waals surface area contributed by atoms with Gasteiger partial charge in [-0.25, -0.2) is 12.7 Å². The molecule has 1 heterocycles. The quantitative estimate of drug-likeness (QED) is 0.771. The number of aryl methyl sites for hydroxylation is 1. The largest absolute Gasteiger partial charge is 0.294 e. The first-order valence-electron chi connectivity index (χ1n) is 8.58. The van der Waals surface area contributed by atoms with Crippen LogP contribution in [0.2, 0.25) is 0 Å². The second-order valence-corrected chi connectivity index (χ2v) is 8.64. The molecule has 25 heavy (non-hydrogen) atoms. The zero-order valence-electron chi connectivity index (χ0n) is 14.4. The van der Waals surface area contributed by atoms with Crippen LogP contribution in [-0.2, 0) is 15.8 Å². The van der Waals surface area contributed by atoms with Crippen LogP contribution >= 0.6 is 0 Å². The number of rotatable bonds is 5. The van der Waals surface area contributed by atoms with E-state index in [4.69, 9.17) is 0 Å². The normalized spacial score (nSPS) is 18.8. The molecule has 2 aromatic rings. The van der Waals surface area contributed by atoms with E-state index in [1.807, 2.05) is 49.4 Å². The highest BCUT2D eigenvalue weighted by atomic mass is 32.2. The first-order chi connectivity index (χ1) is 12.0. The van der Waals surface area contributed by atoms with Crippen LogP contribution < -0.4 is 0 Å². The molecule has 1 aliphatic heterocycles. The molecule has 1 atom stereocenters. The van der Waals surface area contributed by atoms with Gasteiger partial charge in [0, 0.05) is 24.6 Å². The Hall–Kier alpha value is -1.98. The fourth-order valence-electron chi connectivity index (χ4n) is 3.35. The Balaban J connectivity index is 1.73. The summed E-state index contributed by atoms with van der Waals surface area (Å²) >= 11 is 0. The maximum absolute atomic E-state index is 12.8. The smallest absolute Gasteiger partial charge is 0.218 e. The summed E-state index contributed by atoms with van der Waals surface area (Å²) in [5.41, 5.74) is 2.49. The number of carbonyl (C=O) groups is 1. The molecule has 0 bridgehead atoms. The molecular formula is C20H23NO3S. The molecule has 0 aliphatic carbocycles. The molecule has 0 aromatic heterocycles. The number of carbonyl (C=O) groups excluding carboxylic acids is 1. The second-order valence-electron chi connectivity index (χ2n) is 6.67. The van der Waals surface area contributed by atoms with Crippen LogP contribution in [0, 0.1) is 12.8 Å². The molecule has 4 nitrogen and oxygen atoms in total. The van der Waals surface area contributed by atoms with Crippen LogP contribution in [0.5, 0.6) is 0 Å². The van der Waals surface area contributed by atoms with E-state index in [0.717, 1.165) is 24.0 Å². The van der Waals surface area contributed by atoms with Crippen molar-refractivity contribution in [3.8, 4) is 0 Å². The Morgan fingerprint density at radius 2 is 1.88 bits per heavy atom. The summed E-state index contributed by atoms with van der Waals surface area (Å²) in [7, 11) is -3.42. The molecule has 1 saturated heterocycles. The van der Waals surface area contributed by atoms with Crippen LogP contribution in [0.15, 0.2) is 54.6 Å². The van der Waals surface area contributed by atoms with E-state index >= 15 is 0 Å². The molecule has 0 saturated carbocycles. The fraction of sp³-hybridized carbons (Fsp3) is 0.350. The first kappa shape index (κ1) is 17.8. The summed E-state index contributed by atoms with van der Waals surface area (Å²) in [6.07, 6.45) is 1.46. The Morgan fingerprint density at radius 1 is 1.12 bits per heavy atom. The predicted octanol–water partition coefficient (Wildman–Crippen LogP) is 3.42. The molecule has 132 valence electrons. The maximum atomic E-state index is 12.8. The number of benzene rings is 2. The average Bonchev–Trinajstić information content (AvgIpc) is 2.61. The highest BCUT2D eigenvalue weighted by Gasteiger charge is 2.32. The Bertz CT molecular complexity index is 846. The first-order valence-corrected chi connectivity index (χ1v) is 10.2. The van der Waals surface area contributed by atoms with Gasteiger partial charge in [-0.2, -0.15) is 0 Å². The van der Waals surface area contributed by atoms with Crippen LogP contribution in [0.4, 0.5) is 0 Å². The topological polar surface area (TPSA) is 54.5 Å². The standard InChI is InChI=1S/C20H23NO3S/c1-16-7-5-8-17(13-16)15-25(23,24)21-12-6-11-19(14-21)20(22)18-9-3-2-4-10-18/h2-5,7-10,13,19H,6,11-12,14-15H2,1H3. The van der Waals surface area contributed by atoms with Crippen molar-refractivity contribution < 1.29 is 13.2 Å². The summed E-state index contributed by atoms with van der Waals surface area (Å²) in [5, 5.41) is 0. The Morgan fingerprint density at radius 3 is 2.60 bits per heavy atom. The van der Waals surface area contributed by atoms with Crippen molar-refractivity contribution in [2.45, 2.75) is 25.5 Å². The van der Waals surface area contributed by atoms with Crippen molar-refractivity contribution in [3.63, 3.8) is 0 Å². The molecule has 0 N–H and O–H groups in total. The average molecular weight is 357 g/mol. The lowest BCUT2D eigenvalue weighted by Crippen LogP contribution is -2.42. The molecule has 1 unspecified atom stereocenters. The van der Waals surface area contributed by atoms with E-state index in [9.17, 15) is 13.2 Å². The van der Waals surface area contributed by atoms with Crippen molar-refractivity contribution in [2.24, 2.45) is 5.92 Å². The van der Waals surface area contributed by atoms with E-state index in [1.165, 1.54) is 4.31 Å². The number of hydrogen-bond acceptors (Lipinski definition) is 3. The third kappa shape index (κ3) is 4.35. The van der Waals surface area contributed by atoms with Gasteiger partial charge in [0.15, 0.2) is 5.78 Å². The second kappa shape index (κ2) is 7.50. The van der Waals surface area contributed by atoms with E-state index < -0.39 is 10.0 Å². The number of piperidine rings is 1. The predicted molar refractivity (Wildman–Crippen MR) is 98.9 cm³/mol. The molecule has 1 fully saturated rings. The molecule has 0 radical (unpaired) electrons. The van der Waals surface area contributed by atoms with Crippen LogP contribution in [0.25, 0.3) is 0 Å². The minimum Gasteiger partial charge on any atom is -0.294 e. The van der Waals surface area contributed by atoms with E-state index in [2.05, 4.69) is 0 Å². The Labute approximate surface area is 149 Å². The highest BCUT2D eigenvalue weighted by Crippen LogP contribution is 2.24. The van der Waals surface area contributed by atoms with Crippen molar-refractivity contribution in [3.05, 3.63) is 71.3 Å². The SMILES string of the molecule is Cc1cccc(CS(=O)(=O)N2CCCC(C(=O)c3ccccc3)C2)c1. The summed E-state index contributed by atoms with van der Waals surface area (Å²) in [6.45, 7) is 2.72. The van der Waals surface area contributed by atoms with Gasteiger partial charge in [-0.05, 0) is 25.3 Å². The number of ketones is 1. The monoisotopic (exact) mass is 357 g/mol. The van der Waals surface area contributed by atoms with Gasteiger partial charge in [0.2, 0.25) is 10.0 Å². The summed E-state index contributed by atoms with van der Waals surface area (Å²) < 4.78 is 27.1. The number of Topliss-reactive ketones (excluding diaryl/α,β-unsaturated/α-hetero) is 1. The lowest BCUT2D eigenvalue weighted by Gasteiger charge is -2.31. The third-order valence-corrected chi connectivity index (χ3v) is 6.45. The van der Waals surface area contributed by atoms with Crippen LogP contribution in [0.3, 0.4) is 0 Å². The van der Waals surface area contributed by atoms with Crippen molar-refractivity contribution in [2.75, 3.05) is 13.1 Å². The van der Waals surface area contributed by atoms with Gasteiger partial charge in [-0.15, -0.1) is 0 Å². The lowest BCUT2D eigenvalue weighted by molar-refractivity contribution is 0.0872. The molecule has 2 aromatic carbocycles. The van der Waals surface area contributed by atoms with Crippen molar-refractivity contribution in [1.82, 2.24) is 4.31 Å². The van der Waals surface area contributed by atoms with E-state index in [1.54, 1.807) is 12.1 Å². The zero-order chi connectivity index (χ0) is 17.9. The molecule has 3 rings (SSSR count). The maximum Gasteiger partial charge on any atom is 0.218 e. The van der Waals surface area contributed by atoms with Gasteiger partial charge >= 0.3 is 0 Å². The minimum absolute atomic E-state index is 0.0130. The van der Waals surface area contributed by atoms with E-state index in [0.29, 0.717) is 12.1 Å². The minimum atomic E-state index is -3.42. The Kier molecular flexibility index (Phi) is 5.35. The highest BCUT2D eigenvalue weighted by molar-refractivity contribution is 7.88. The molecular weight excluding hydrogens is 334 g/mol. The zero-order valence-corrected chi connectivity index (χ0v) is 15.2. The van der Waals surface area contributed by atoms with Gasteiger partial charge in [0.25, 0.3) is 0 Å². The van der Waals surface area contributed by atoms with E-state index in [-0.39, 0.29) is 24.0 Å². The lowest BCUT2D eigenvalue weighted by atomic mass is 9.91. The number of nitrogens with zero attached hydrogens (tertiary/aromatic N) is 1.